The van der Waals surface area contributed by atoms with Gasteiger partial charge in [-0.05, 0) is 43.7 Å². The highest BCUT2D eigenvalue weighted by molar-refractivity contribution is 6.30. The third kappa shape index (κ3) is 4.59. The van der Waals surface area contributed by atoms with Gasteiger partial charge in [0, 0.05) is 10.7 Å². The molecule has 5 nitrogen and oxygen atoms in total. The van der Waals surface area contributed by atoms with Gasteiger partial charge in [0.1, 0.15) is 0 Å². The lowest BCUT2D eigenvalue weighted by Crippen LogP contribution is -2.31. The largest absolute Gasteiger partial charge is 0.466 e. The van der Waals surface area contributed by atoms with Crippen LogP contribution >= 0.6 is 11.6 Å². The van der Waals surface area contributed by atoms with Gasteiger partial charge in [-0.25, -0.2) is 9.59 Å². The molecule has 0 radical (unpaired) electrons. The summed E-state index contributed by atoms with van der Waals surface area (Å²) in [4.78, 5) is 23.3. The number of halogens is 1. The zero-order chi connectivity index (χ0) is 15.1. The summed E-state index contributed by atoms with van der Waals surface area (Å²) < 4.78 is 9.66. The van der Waals surface area contributed by atoms with Crippen molar-refractivity contribution in [2.75, 3.05) is 12.4 Å². The molecule has 0 bridgehead atoms. The maximum atomic E-state index is 11.7. The Balaban J connectivity index is 2.71. The van der Waals surface area contributed by atoms with Crippen LogP contribution in [0.5, 0.6) is 0 Å². The van der Waals surface area contributed by atoms with Gasteiger partial charge in [-0.1, -0.05) is 17.7 Å². The zero-order valence-electron chi connectivity index (χ0n) is 11.5. The third-order valence-electron chi connectivity index (χ3n) is 2.60. The third-order valence-corrected chi connectivity index (χ3v) is 2.85. The second kappa shape index (κ2) is 7.55. The fraction of sp³-hybridized carbons (Fsp3) is 0.286. The van der Waals surface area contributed by atoms with Crippen molar-refractivity contribution in [2.45, 2.75) is 20.0 Å². The van der Waals surface area contributed by atoms with Crippen molar-refractivity contribution in [1.82, 2.24) is 0 Å². The summed E-state index contributed by atoms with van der Waals surface area (Å²) in [5, 5.41) is 3.06. The van der Waals surface area contributed by atoms with Gasteiger partial charge in [0.15, 0.2) is 0 Å². The molecule has 1 rings (SSSR count). The standard InChI is InChI=1S/C14H16ClNO4/c1-4-9(2)12(13(17)19-3)20-14(18)16-11-7-5-10(15)6-8-11/h4-8,12H,1-3H3,(H,16,18)/b9-4+. The van der Waals surface area contributed by atoms with Crippen molar-refractivity contribution in [3.05, 3.63) is 40.9 Å². The monoisotopic (exact) mass is 297 g/mol. The fourth-order valence-corrected chi connectivity index (χ4v) is 1.50. The number of amides is 1. The van der Waals surface area contributed by atoms with E-state index in [1.807, 2.05) is 0 Å². The number of hydrogen-bond acceptors (Lipinski definition) is 4. The minimum absolute atomic E-state index is 0.515. The molecule has 0 aliphatic rings. The molecule has 0 heterocycles. The number of benzene rings is 1. The summed E-state index contributed by atoms with van der Waals surface area (Å²) in [5.41, 5.74) is 1.10. The van der Waals surface area contributed by atoms with Crippen molar-refractivity contribution in [3.63, 3.8) is 0 Å². The van der Waals surface area contributed by atoms with Gasteiger partial charge in [-0.3, -0.25) is 5.32 Å². The second-order valence-corrected chi connectivity index (χ2v) is 4.41. The Morgan fingerprint density at radius 1 is 1.30 bits per heavy atom. The summed E-state index contributed by atoms with van der Waals surface area (Å²) in [7, 11) is 1.23. The summed E-state index contributed by atoms with van der Waals surface area (Å²) in [5.74, 6) is -0.633. The predicted molar refractivity (Wildman–Crippen MR) is 76.8 cm³/mol. The van der Waals surface area contributed by atoms with Gasteiger partial charge in [0.05, 0.1) is 7.11 Å². The number of carbonyl (C=O) groups is 2. The number of methoxy groups -OCH3 is 1. The Labute approximate surface area is 122 Å². The van der Waals surface area contributed by atoms with Crippen LogP contribution in [0.4, 0.5) is 10.5 Å². The number of allylic oxidation sites excluding steroid dienone is 1. The molecule has 0 aliphatic heterocycles. The molecule has 1 unspecified atom stereocenters. The van der Waals surface area contributed by atoms with Gasteiger partial charge < -0.3 is 9.47 Å². The Morgan fingerprint density at radius 3 is 2.40 bits per heavy atom. The zero-order valence-corrected chi connectivity index (χ0v) is 12.2. The number of anilines is 1. The number of nitrogens with one attached hydrogen (secondary N) is 1. The number of rotatable bonds is 4. The van der Waals surface area contributed by atoms with Crippen LogP contribution in [-0.2, 0) is 14.3 Å². The lowest BCUT2D eigenvalue weighted by Gasteiger charge is -2.16. The molecule has 1 N–H and O–H groups in total. The molecule has 0 spiro atoms. The first-order chi connectivity index (χ1) is 9.47. The van der Waals surface area contributed by atoms with E-state index in [-0.39, 0.29) is 0 Å². The van der Waals surface area contributed by atoms with Crippen LogP contribution < -0.4 is 5.32 Å². The van der Waals surface area contributed by atoms with Crippen LogP contribution in [0.15, 0.2) is 35.9 Å². The Kier molecular flexibility index (Phi) is 6.06. The van der Waals surface area contributed by atoms with Crippen molar-refractivity contribution < 1.29 is 19.1 Å². The molecule has 1 amide bonds. The smallest absolute Gasteiger partial charge is 0.412 e. The molecule has 108 valence electrons. The molecule has 0 aliphatic carbocycles. The van der Waals surface area contributed by atoms with Crippen molar-refractivity contribution in [3.8, 4) is 0 Å². The Morgan fingerprint density at radius 2 is 1.90 bits per heavy atom. The fourth-order valence-electron chi connectivity index (χ4n) is 1.37. The quantitative estimate of drug-likeness (QED) is 0.683. The molecule has 6 heteroatoms. The van der Waals surface area contributed by atoms with E-state index in [0.29, 0.717) is 16.3 Å². The van der Waals surface area contributed by atoms with Gasteiger partial charge in [0.2, 0.25) is 6.10 Å². The summed E-state index contributed by atoms with van der Waals surface area (Å²) >= 11 is 5.74. The van der Waals surface area contributed by atoms with Gasteiger partial charge in [-0.2, -0.15) is 0 Å². The molecule has 0 fully saturated rings. The second-order valence-electron chi connectivity index (χ2n) is 3.97. The predicted octanol–water partition coefficient (Wildman–Crippen LogP) is 3.40. The average Bonchev–Trinajstić information content (AvgIpc) is 2.45. The molecule has 1 aromatic rings. The lowest BCUT2D eigenvalue weighted by molar-refractivity contribution is -0.148. The van der Waals surface area contributed by atoms with E-state index in [1.54, 1.807) is 44.2 Å². The maximum absolute atomic E-state index is 11.7. The van der Waals surface area contributed by atoms with Gasteiger partial charge >= 0.3 is 12.1 Å². The number of ether oxygens (including phenoxy) is 2. The first-order valence-electron chi connectivity index (χ1n) is 5.91. The summed E-state index contributed by atoms with van der Waals surface area (Å²) in [6, 6.07) is 6.51. The van der Waals surface area contributed by atoms with Crippen LogP contribution in [0, 0.1) is 0 Å². The van der Waals surface area contributed by atoms with Crippen LogP contribution in [0.2, 0.25) is 5.02 Å². The van der Waals surface area contributed by atoms with E-state index in [4.69, 9.17) is 16.3 Å². The Bertz CT molecular complexity index is 510. The highest BCUT2D eigenvalue weighted by Crippen LogP contribution is 2.15. The molecule has 1 aromatic carbocycles. The highest BCUT2D eigenvalue weighted by Gasteiger charge is 2.25. The molecular formula is C14H16ClNO4. The van der Waals surface area contributed by atoms with E-state index in [9.17, 15) is 9.59 Å². The van der Waals surface area contributed by atoms with Crippen molar-refractivity contribution >= 4 is 29.4 Å². The van der Waals surface area contributed by atoms with E-state index >= 15 is 0 Å². The van der Waals surface area contributed by atoms with Crippen LogP contribution in [0.1, 0.15) is 13.8 Å². The van der Waals surface area contributed by atoms with Crippen LogP contribution in [0.3, 0.4) is 0 Å². The van der Waals surface area contributed by atoms with Gasteiger partial charge in [-0.15, -0.1) is 0 Å². The normalized spacial score (nSPS) is 12.5. The van der Waals surface area contributed by atoms with E-state index in [1.165, 1.54) is 7.11 Å². The number of carbonyl (C=O) groups excluding carboxylic acids is 2. The minimum atomic E-state index is -1.06. The average molecular weight is 298 g/mol. The van der Waals surface area contributed by atoms with Crippen molar-refractivity contribution in [1.29, 1.82) is 0 Å². The highest BCUT2D eigenvalue weighted by atomic mass is 35.5. The number of hydrogen-bond donors (Lipinski definition) is 1. The van der Waals surface area contributed by atoms with E-state index in [0.717, 1.165) is 0 Å². The van der Waals surface area contributed by atoms with Crippen LogP contribution in [0.25, 0.3) is 0 Å². The molecule has 0 saturated carbocycles. The molecule has 1 atom stereocenters. The summed E-state index contributed by atoms with van der Waals surface area (Å²) in [6.45, 7) is 3.42. The topological polar surface area (TPSA) is 64.6 Å². The molecular weight excluding hydrogens is 282 g/mol. The van der Waals surface area contributed by atoms with Crippen LogP contribution in [-0.4, -0.2) is 25.3 Å². The Hall–Kier alpha value is -2.01. The first kappa shape index (κ1) is 16.0. The molecule has 0 aromatic heterocycles. The SMILES string of the molecule is C/C=C(\C)C(OC(=O)Nc1ccc(Cl)cc1)C(=O)OC. The number of esters is 1. The first-order valence-corrected chi connectivity index (χ1v) is 6.29. The molecule has 20 heavy (non-hydrogen) atoms. The molecule has 0 saturated heterocycles. The maximum Gasteiger partial charge on any atom is 0.412 e. The van der Waals surface area contributed by atoms with E-state index < -0.39 is 18.2 Å². The van der Waals surface area contributed by atoms with E-state index in [2.05, 4.69) is 10.1 Å². The minimum Gasteiger partial charge on any atom is -0.466 e. The van der Waals surface area contributed by atoms with Gasteiger partial charge in [0.25, 0.3) is 0 Å². The summed E-state index contributed by atoms with van der Waals surface area (Å²) in [6.07, 6.45) is -0.127. The van der Waals surface area contributed by atoms with Crippen molar-refractivity contribution in [2.24, 2.45) is 0 Å². The lowest BCUT2D eigenvalue weighted by atomic mass is 10.1.